The summed E-state index contributed by atoms with van der Waals surface area (Å²) in [6.45, 7) is -0.00578. The Kier molecular flexibility index (Phi) is 5.19. The quantitative estimate of drug-likeness (QED) is 0.902. The Morgan fingerprint density at radius 3 is 2.56 bits per heavy atom. The van der Waals surface area contributed by atoms with Gasteiger partial charge in [0.05, 0.1) is 20.8 Å². The van der Waals surface area contributed by atoms with Gasteiger partial charge in [-0.15, -0.1) is 0 Å². The van der Waals surface area contributed by atoms with Crippen LogP contribution in [0.1, 0.15) is 35.4 Å². The highest BCUT2D eigenvalue weighted by molar-refractivity contribution is 5.99. The van der Waals surface area contributed by atoms with Crippen molar-refractivity contribution in [3.8, 4) is 11.5 Å². The first-order chi connectivity index (χ1) is 12.1. The number of hydrogen-bond donors (Lipinski definition) is 1. The molecule has 2 aromatic rings. The molecule has 0 heterocycles. The molecular formula is C21H22O4. The van der Waals surface area contributed by atoms with Crippen molar-refractivity contribution >= 4 is 11.4 Å². The fraction of sp³-hybridized carbons (Fsp3) is 0.286. The number of aliphatic hydroxyl groups is 1. The van der Waals surface area contributed by atoms with Crippen molar-refractivity contribution in [2.45, 2.75) is 25.4 Å². The third-order valence-electron chi connectivity index (χ3n) is 4.61. The van der Waals surface area contributed by atoms with E-state index in [4.69, 9.17) is 9.47 Å². The van der Waals surface area contributed by atoms with Gasteiger partial charge in [0, 0.05) is 6.42 Å². The minimum atomic E-state index is -0.00578. The number of ether oxygens (including phenoxy) is 2. The van der Waals surface area contributed by atoms with Crippen molar-refractivity contribution in [1.29, 1.82) is 0 Å². The van der Waals surface area contributed by atoms with E-state index < -0.39 is 0 Å². The molecule has 1 N–H and O–H groups in total. The Hall–Kier alpha value is -2.59. The van der Waals surface area contributed by atoms with Gasteiger partial charge in [-0.1, -0.05) is 24.3 Å². The van der Waals surface area contributed by atoms with E-state index in [0.717, 1.165) is 28.7 Å². The summed E-state index contributed by atoms with van der Waals surface area (Å²) in [5, 5.41) is 9.34. The van der Waals surface area contributed by atoms with Crippen molar-refractivity contribution < 1.29 is 19.4 Å². The molecule has 0 bridgehead atoms. The Bertz CT molecular complexity index is 807. The van der Waals surface area contributed by atoms with Crippen LogP contribution in [0.5, 0.6) is 11.5 Å². The largest absolute Gasteiger partial charge is 0.493 e. The molecule has 0 amide bonds. The number of carbonyl (C=O) groups is 1. The number of ketones is 1. The molecule has 0 aromatic heterocycles. The van der Waals surface area contributed by atoms with Gasteiger partial charge < -0.3 is 14.6 Å². The Labute approximate surface area is 147 Å². The normalized spacial score (nSPS) is 17.2. The molecule has 0 spiro atoms. The van der Waals surface area contributed by atoms with Gasteiger partial charge in [0.1, 0.15) is 0 Å². The van der Waals surface area contributed by atoms with Crippen LogP contribution in [0.4, 0.5) is 0 Å². The van der Waals surface area contributed by atoms with Gasteiger partial charge in [0.2, 0.25) is 0 Å². The summed E-state index contributed by atoms with van der Waals surface area (Å²) in [6.07, 6.45) is 2.99. The van der Waals surface area contributed by atoms with Gasteiger partial charge >= 0.3 is 0 Å². The van der Waals surface area contributed by atoms with E-state index in [2.05, 4.69) is 0 Å². The molecule has 0 unspecified atom stereocenters. The molecule has 3 rings (SSSR count). The first-order valence-electron chi connectivity index (χ1n) is 8.30. The molecule has 0 radical (unpaired) electrons. The van der Waals surface area contributed by atoms with Gasteiger partial charge in [-0.05, 0) is 58.9 Å². The van der Waals surface area contributed by atoms with Crippen LogP contribution in [0.25, 0.3) is 5.57 Å². The molecule has 0 saturated carbocycles. The lowest BCUT2D eigenvalue weighted by Crippen LogP contribution is -2.12. The van der Waals surface area contributed by atoms with Gasteiger partial charge in [0.25, 0.3) is 0 Å². The molecule has 4 nitrogen and oxygen atoms in total. The first kappa shape index (κ1) is 17.2. The summed E-state index contributed by atoms with van der Waals surface area (Å²) in [5.74, 6) is 1.58. The maximum absolute atomic E-state index is 12.3. The number of benzene rings is 2. The zero-order valence-corrected chi connectivity index (χ0v) is 14.5. The van der Waals surface area contributed by atoms with Gasteiger partial charge in [0.15, 0.2) is 17.3 Å². The van der Waals surface area contributed by atoms with E-state index in [1.54, 1.807) is 20.3 Å². The van der Waals surface area contributed by atoms with E-state index in [1.165, 1.54) is 0 Å². The van der Waals surface area contributed by atoms with E-state index in [-0.39, 0.29) is 18.3 Å². The Morgan fingerprint density at radius 1 is 1.04 bits per heavy atom. The molecule has 2 aromatic carbocycles. The first-order valence-corrected chi connectivity index (χ1v) is 8.30. The predicted octanol–water partition coefficient (Wildman–Crippen LogP) is 3.73. The molecular weight excluding hydrogens is 316 g/mol. The maximum atomic E-state index is 12.3. The number of rotatable bonds is 5. The third kappa shape index (κ3) is 3.74. The lowest BCUT2D eigenvalue weighted by atomic mass is 9.81. The summed E-state index contributed by atoms with van der Waals surface area (Å²) in [6, 6.07) is 13.5. The van der Waals surface area contributed by atoms with E-state index in [0.29, 0.717) is 17.9 Å². The summed E-state index contributed by atoms with van der Waals surface area (Å²) >= 11 is 0. The summed E-state index contributed by atoms with van der Waals surface area (Å²) in [7, 11) is 3.22. The smallest absolute Gasteiger partial charge is 0.160 e. The van der Waals surface area contributed by atoms with Crippen LogP contribution >= 0.6 is 0 Å². The SMILES string of the molecule is COc1ccc([C@H]2CC(=O)C=C(c3cccc(CO)c3)C2)cc1OC. The zero-order chi connectivity index (χ0) is 17.8. The second-order valence-electron chi connectivity index (χ2n) is 6.21. The van der Waals surface area contributed by atoms with Crippen LogP contribution in [0, 0.1) is 0 Å². The molecule has 1 atom stereocenters. The van der Waals surface area contributed by atoms with Crippen molar-refractivity contribution in [1.82, 2.24) is 0 Å². The van der Waals surface area contributed by atoms with Crippen molar-refractivity contribution in [2.75, 3.05) is 14.2 Å². The lowest BCUT2D eigenvalue weighted by Gasteiger charge is -2.23. The minimum absolute atomic E-state index is 0.00578. The van der Waals surface area contributed by atoms with Crippen LogP contribution in [0.2, 0.25) is 0 Å². The van der Waals surface area contributed by atoms with Gasteiger partial charge in [-0.3, -0.25) is 4.79 Å². The van der Waals surface area contributed by atoms with Crippen LogP contribution in [0.3, 0.4) is 0 Å². The fourth-order valence-corrected chi connectivity index (χ4v) is 3.31. The van der Waals surface area contributed by atoms with Crippen LogP contribution in [0.15, 0.2) is 48.5 Å². The highest BCUT2D eigenvalue weighted by Gasteiger charge is 2.24. The number of carbonyl (C=O) groups excluding carboxylic acids is 1. The van der Waals surface area contributed by atoms with Crippen molar-refractivity contribution in [3.05, 3.63) is 65.2 Å². The second kappa shape index (κ2) is 7.53. The lowest BCUT2D eigenvalue weighted by molar-refractivity contribution is -0.115. The minimum Gasteiger partial charge on any atom is -0.493 e. The molecule has 0 saturated heterocycles. The number of methoxy groups -OCH3 is 2. The highest BCUT2D eigenvalue weighted by atomic mass is 16.5. The average Bonchev–Trinajstić information content (AvgIpc) is 2.67. The number of hydrogen-bond acceptors (Lipinski definition) is 4. The zero-order valence-electron chi connectivity index (χ0n) is 14.5. The molecule has 25 heavy (non-hydrogen) atoms. The Morgan fingerprint density at radius 2 is 1.84 bits per heavy atom. The number of aliphatic hydroxyl groups excluding tert-OH is 1. The monoisotopic (exact) mass is 338 g/mol. The topological polar surface area (TPSA) is 55.8 Å². The highest BCUT2D eigenvalue weighted by Crippen LogP contribution is 2.39. The van der Waals surface area contributed by atoms with Crippen LogP contribution in [-0.2, 0) is 11.4 Å². The Balaban J connectivity index is 1.90. The standard InChI is InChI=1S/C21H22O4/c1-24-20-7-6-16(12-21(20)25-2)18-9-17(10-19(23)11-18)15-5-3-4-14(8-15)13-22/h3-8,10,12,18,22H,9,11,13H2,1-2H3/t18-/m1/s1. The predicted molar refractivity (Wildman–Crippen MR) is 96.9 cm³/mol. The second-order valence-corrected chi connectivity index (χ2v) is 6.21. The molecule has 0 aliphatic heterocycles. The summed E-state index contributed by atoms with van der Waals surface area (Å²) < 4.78 is 10.7. The van der Waals surface area contributed by atoms with Crippen LogP contribution in [-0.4, -0.2) is 25.1 Å². The summed E-state index contributed by atoms with van der Waals surface area (Å²) in [5.41, 5.74) is 3.91. The van der Waals surface area contributed by atoms with E-state index >= 15 is 0 Å². The molecule has 1 aliphatic carbocycles. The molecule has 4 heteroatoms. The molecule has 130 valence electrons. The summed E-state index contributed by atoms with van der Waals surface area (Å²) in [4.78, 5) is 12.3. The van der Waals surface area contributed by atoms with E-state index in [1.807, 2.05) is 42.5 Å². The average molecular weight is 338 g/mol. The fourth-order valence-electron chi connectivity index (χ4n) is 3.31. The van der Waals surface area contributed by atoms with Crippen LogP contribution < -0.4 is 9.47 Å². The van der Waals surface area contributed by atoms with E-state index in [9.17, 15) is 9.90 Å². The maximum Gasteiger partial charge on any atom is 0.160 e. The molecule has 0 fully saturated rings. The molecule has 1 aliphatic rings. The number of allylic oxidation sites excluding steroid dienone is 2. The van der Waals surface area contributed by atoms with Gasteiger partial charge in [-0.2, -0.15) is 0 Å². The van der Waals surface area contributed by atoms with Crippen molar-refractivity contribution in [3.63, 3.8) is 0 Å². The van der Waals surface area contributed by atoms with Crippen molar-refractivity contribution in [2.24, 2.45) is 0 Å². The third-order valence-corrected chi connectivity index (χ3v) is 4.61. The van der Waals surface area contributed by atoms with Gasteiger partial charge in [-0.25, -0.2) is 0 Å².